The molecule has 0 N–H and O–H groups in total. The van der Waals surface area contributed by atoms with Gasteiger partial charge in [-0.2, -0.15) is 0 Å². The Balaban J connectivity index is 0.000000336. The molecule has 1 unspecified atom stereocenters. The zero-order valence-electron chi connectivity index (χ0n) is 13.8. The molecule has 1 atom stereocenters. The van der Waals surface area contributed by atoms with Crippen molar-refractivity contribution < 1.29 is 4.79 Å². The van der Waals surface area contributed by atoms with Crippen LogP contribution in [0, 0.1) is 6.92 Å². The van der Waals surface area contributed by atoms with E-state index in [9.17, 15) is 0 Å². The maximum absolute atomic E-state index is 8.81. The highest BCUT2D eigenvalue weighted by Gasteiger charge is 2.05. The minimum Gasteiger partial charge on any atom is -0.306 e. The van der Waals surface area contributed by atoms with Crippen molar-refractivity contribution in [1.29, 1.82) is 0 Å². The molecule has 0 bridgehead atoms. The summed E-state index contributed by atoms with van der Waals surface area (Å²) in [6.45, 7) is 10.8. The zero-order chi connectivity index (χ0) is 15.4. The number of hydrogen-bond acceptors (Lipinski definition) is 3. The number of carbonyl (C=O) groups is 1. The third-order valence-corrected chi connectivity index (χ3v) is 4.57. The molecule has 0 aromatic carbocycles. The van der Waals surface area contributed by atoms with Crippen molar-refractivity contribution in [3.63, 3.8) is 0 Å². The van der Waals surface area contributed by atoms with Gasteiger partial charge < -0.3 is 9.69 Å². The van der Waals surface area contributed by atoms with Crippen molar-refractivity contribution in [3.8, 4) is 0 Å². The molecule has 1 aromatic rings. The lowest BCUT2D eigenvalue weighted by Gasteiger charge is -2.05. The number of aryl methyl sites for hydroxylation is 1. The molecule has 0 amide bonds. The van der Waals surface area contributed by atoms with Crippen LogP contribution in [0.3, 0.4) is 0 Å². The molecule has 1 aromatic heterocycles. The van der Waals surface area contributed by atoms with E-state index in [0.717, 1.165) is 12.2 Å². The lowest BCUT2D eigenvalue weighted by atomic mass is 10.0. The van der Waals surface area contributed by atoms with Gasteiger partial charge in [0.05, 0.1) is 0 Å². The molecule has 2 nitrogen and oxygen atoms in total. The summed E-state index contributed by atoms with van der Waals surface area (Å²) in [4.78, 5) is 12.7. The number of rotatable bonds is 3. The standard InChI is InChI=1S/C10H16S.C5H11N.C2H4O/c1-4-5-9(3)10-6-8(2)7-11-10;1-6-4-2-3-5-6;1-2-3/h6-7,9H,4-5H2,1-3H3;2-5H2,1H3;2H,1H3. The van der Waals surface area contributed by atoms with E-state index in [-0.39, 0.29) is 0 Å². The Bertz CT molecular complexity index is 343. The maximum Gasteiger partial charge on any atom is 0.116 e. The first-order valence-corrected chi connectivity index (χ1v) is 8.56. The van der Waals surface area contributed by atoms with Gasteiger partial charge in [0.25, 0.3) is 0 Å². The van der Waals surface area contributed by atoms with Gasteiger partial charge in [-0.25, -0.2) is 0 Å². The van der Waals surface area contributed by atoms with Crippen LogP contribution in [0.15, 0.2) is 11.4 Å². The molecular formula is C17H31NOS. The highest BCUT2D eigenvalue weighted by molar-refractivity contribution is 7.10. The van der Waals surface area contributed by atoms with E-state index < -0.39 is 0 Å². The summed E-state index contributed by atoms with van der Waals surface area (Å²) in [5, 5.41) is 2.24. The number of hydrogen-bond donors (Lipinski definition) is 0. The first-order chi connectivity index (χ1) is 9.54. The van der Waals surface area contributed by atoms with E-state index in [1.807, 2.05) is 11.3 Å². The van der Waals surface area contributed by atoms with Gasteiger partial charge in [-0.05, 0) is 76.2 Å². The zero-order valence-corrected chi connectivity index (χ0v) is 14.6. The lowest BCUT2D eigenvalue weighted by molar-refractivity contribution is -0.106. The minimum absolute atomic E-state index is 0.750. The van der Waals surface area contributed by atoms with E-state index in [1.54, 1.807) is 4.88 Å². The molecule has 0 radical (unpaired) electrons. The van der Waals surface area contributed by atoms with Crippen LogP contribution in [0.2, 0.25) is 0 Å². The fourth-order valence-electron chi connectivity index (χ4n) is 2.16. The second-order valence-electron chi connectivity index (χ2n) is 5.46. The van der Waals surface area contributed by atoms with Gasteiger partial charge in [0.1, 0.15) is 6.29 Å². The Labute approximate surface area is 129 Å². The van der Waals surface area contributed by atoms with Crippen LogP contribution >= 0.6 is 11.3 Å². The Hall–Kier alpha value is -0.670. The molecule has 0 spiro atoms. The van der Waals surface area contributed by atoms with Crippen LogP contribution in [-0.2, 0) is 4.79 Å². The summed E-state index contributed by atoms with van der Waals surface area (Å²) in [6.07, 6.45) is 6.19. The Morgan fingerprint density at radius 1 is 1.40 bits per heavy atom. The van der Waals surface area contributed by atoms with Gasteiger partial charge in [-0.3, -0.25) is 0 Å². The summed E-state index contributed by atoms with van der Waals surface area (Å²) in [6, 6.07) is 2.31. The molecule has 2 heterocycles. The van der Waals surface area contributed by atoms with Crippen molar-refractivity contribution in [1.82, 2.24) is 4.90 Å². The second-order valence-corrected chi connectivity index (χ2v) is 6.41. The van der Waals surface area contributed by atoms with Crippen molar-refractivity contribution in [2.45, 2.75) is 59.3 Å². The molecule has 1 fully saturated rings. The molecule has 1 saturated heterocycles. The van der Waals surface area contributed by atoms with Gasteiger partial charge in [0.15, 0.2) is 0 Å². The van der Waals surface area contributed by atoms with Crippen molar-refractivity contribution in [2.75, 3.05) is 20.1 Å². The van der Waals surface area contributed by atoms with Gasteiger partial charge in [-0.1, -0.05) is 20.3 Å². The largest absolute Gasteiger partial charge is 0.306 e. The molecule has 0 saturated carbocycles. The summed E-state index contributed by atoms with van der Waals surface area (Å²) >= 11 is 1.90. The first-order valence-electron chi connectivity index (χ1n) is 7.68. The average molecular weight is 298 g/mol. The predicted molar refractivity (Wildman–Crippen MR) is 90.8 cm³/mol. The molecular weight excluding hydrogens is 266 g/mol. The summed E-state index contributed by atoms with van der Waals surface area (Å²) in [7, 11) is 2.17. The van der Waals surface area contributed by atoms with Gasteiger partial charge in [0, 0.05) is 4.88 Å². The van der Waals surface area contributed by atoms with Crippen molar-refractivity contribution in [3.05, 3.63) is 21.9 Å². The van der Waals surface area contributed by atoms with E-state index >= 15 is 0 Å². The Kier molecular flexibility index (Phi) is 11.7. The van der Waals surface area contributed by atoms with E-state index in [0.29, 0.717) is 0 Å². The number of carbonyl (C=O) groups excluding carboxylic acids is 1. The quantitative estimate of drug-likeness (QED) is 0.741. The Morgan fingerprint density at radius 2 is 1.95 bits per heavy atom. The summed E-state index contributed by atoms with van der Waals surface area (Å²) in [5.74, 6) is 0.763. The van der Waals surface area contributed by atoms with Crippen LogP contribution < -0.4 is 0 Å². The molecule has 2 rings (SSSR count). The van der Waals surface area contributed by atoms with Gasteiger partial charge in [-0.15, -0.1) is 11.3 Å². The molecule has 1 aliphatic rings. The fraction of sp³-hybridized carbons (Fsp3) is 0.706. The topological polar surface area (TPSA) is 20.3 Å². The molecule has 116 valence electrons. The molecule has 0 aliphatic carbocycles. The van der Waals surface area contributed by atoms with Crippen LogP contribution in [0.5, 0.6) is 0 Å². The smallest absolute Gasteiger partial charge is 0.116 e. The highest BCUT2D eigenvalue weighted by Crippen LogP contribution is 2.26. The predicted octanol–water partition coefficient (Wildman–Crippen LogP) is 4.88. The first kappa shape index (κ1) is 19.3. The van der Waals surface area contributed by atoms with Crippen LogP contribution in [-0.4, -0.2) is 31.3 Å². The van der Waals surface area contributed by atoms with E-state index in [1.165, 1.54) is 51.3 Å². The van der Waals surface area contributed by atoms with Crippen molar-refractivity contribution >= 4 is 17.6 Å². The fourth-order valence-corrected chi connectivity index (χ4v) is 3.16. The van der Waals surface area contributed by atoms with E-state index in [4.69, 9.17) is 4.79 Å². The maximum atomic E-state index is 8.81. The van der Waals surface area contributed by atoms with Gasteiger partial charge in [0.2, 0.25) is 0 Å². The highest BCUT2D eigenvalue weighted by atomic mass is 32.1. The third kappa shape index (κ3) is 9.27. The van der Waals surface area contributed by atoms with Crippen LogP contribution in [0.25, 0.3) is 0 Å². The minimum atomic E-state index is 0.750. The number of likely N-dealkylation sites (tertiary alicyclic amines) is 1. The molecule has 1 aliphatic heterocycles. The summed E-state index contributed by atoms with van der Waals surface area (Å²) < 4.78 is 0. The molecule has 20 heavy (non-hydrogen) atoms. The number of nitrogens with zero attached hydrogens (tertiary/aromatic N) is 1. The Morgan fingerprint density at radius 3 is 2.25 bits per heavy atom. The monoisotopic (exact) mass is 297 g/mol. The van der Waals surface area contributed by atoms with Crippen molar-refractivity contribution in [2.24, 2.45) is 0 Å². The number of aldehydes is 1. The van der Waals surface area contributed by atoms with Crippen LogP contribution in [0.1, 0.15) is 62.8 Å². The summed E-state index contributed by atoms with van der Waals surface area (Å²) in [5.41, 5.74) is 1.41. The lowest BCUT2D eigenvalue weighted by Crippen LogP contribution is -2.10. The number of thiophene rings is 1. The normalized spacial score (nSPS) is 15.7. The van der Waals surface area contributed by atoms with E-state index in [2.05, 4.69) is 44.2 Å². The average Bonchev–Trinajstić information content (AvgIpc) is 3.03. The van der Waals surface area contributed by atoms with Gasteiger partial charge >= 0.3 is 0 Å². The van der Waals surface area contributed by atoms with Crippen LogP contribution in [0.4, 0.5) is 0 Å². The molecule has 3 heteroatoms. The SMILES string of the molecule is CC=O.CCCC(C)c1cc(C)cs1.CN1CCCC1. The second kappa shape index (κ2) is 12.1. The third-order valence-electron chi connectivity index (χ3n) is 3.29.